The Hall–Kier alpha value is -1.09. The Kier molecular flexibility index (Phi) is 2.13. The summed E-state index contributed by atoms with van der Waals surface area (Å²) < 4.78 is 0. The molecule has 0 amide bonds. The molecule has 0 radical (unpaired) electrons. The van der Waals surface area contributed by atoms with Gasteiger partial charge in [-0.25, -0.2) is 0 Å². The fourth-order valence-electron chi connectivity index (χ4n) is 2.89. The number of anilines is 1. The molecule has 2 saturated heterocycles. The van der Waals surface area contributed by atoms with Gasteiger partial charge in [0.15, 0.2) is 0 Å². The molecule has 1 N–H and O–H groups in total. The van der Waals surface area contributed by atoms with E-state index < -0.39 is 0 Å². The van der Waals surface area contributed by atoms with E-state index in [4.69, 9.17) is 0 Å². The van der Waals surface area contributed by atoms with Crippen LogP contribution in [0.15, 0.2) is 18.3 Å². The summed E-state index contributed by atoms with van der Waals surface area (Å²) in [6.07, 6.45) is 4.59. The van der Waals surface area contributed by atoms with E-state index in [1.165, 1.54) is 18.5 Å². The minimum atomic E-state index is 0.700. The summed E-state index contributed by atoms with van der Waals surface area (Å²) in [7, 11) is 0. The zero-order chi connectivity index (χ0) is 10.3. The van der Waals surface area contributed by atoms with Crippen molar-refractivity contribution < 1.29 is 0 Å². The topological polar surface area (TPSA) is 28.2 Å². The molecule has 80 valence electrons. The Morgan fingerprint density at radius 3 is 2.73 bits per heavy atom. The number of aromatic nitrogens is 1. The molecule has 2 fully saturated rings. The third kappa shape index (κ3) is 1.51. The highest BCUT2D eigenvalue weighted by molar-refractivity contribution is 5.50. The number of pyridine rings is 1. The summed E-state index contributed by atoms with van der Waals surface area (Å²) in [6, 6.07) is 5.75. The van der Waals surface area contributed by atoms with Crippen LogP contribution in [0.4, 0.5) is 5.69 Å². The molecule has 15 heavy (non-hydrogen) atoms. The minimum absolute atomic E-state index is 0.700. The van der Waals surface area contributed by atoms with Crippen molar-refractivity contribution in [2.24, 2.45) is 0 Å². The van der Waals surface area contributed by atoms with Crippen molar-refractivity contribution in [3.05, 3.63) is 24.0 Å². The van der Waals surface area contributed by atoms with Crippen LogP contribution in [0.25, 0.3) is 0 Å². The van der Waals surface area contributed by atoms with Crippen LogP contribution >= 0.6 is 0 Å². The van der Waals surface area contributed by atoms with Gasteiger partial charge >= 0.3 is 0 Å². The summed E-state index contributed by atoms with van der Waals surface area (Å²) in [5, 5.41) is 3.50. The minimum Gasteiger partial charge on any atom is -0.363 e. The highest BCUT2D eigenvalue weighted by Gasteiger charge is 2.36. The fraction of sp³-hybridized carbons (Fsp3) is 0.583. The van der Waals surface area contributed by atoms with Gasteiger partial charge in [0.1, 0.15) is 0 Å². The van der Waals surface area contributed by atoms with Gasteiger partial charge in [0.2, 0.25) is 0 Å². The first-order valence-corrected chi connectivity index (χ1v) is 5.76. The van der Waals surface area contributed by atoms with E-state index in [0.717, 1.165) is 18.8 Å². The first kappa shape index (κ1) is 9.16. The molecule has 0 aliphatic carbocycles. The van der Waals surface area contributed by atoms with Gasteiger partial charge in [-0.15, -0.1) is 0 Å². The van der Waals surface area contributed by atoms with Crippen LogP contribution in [-0.2, 0) is 0 Å². The lowest BCUT2D eigenvalue weighted by molar-refractivity contribution is 0.484. The number of rotatable bonds is 1. The van der Waals surface area contributed by atoms with Gasteiger partial charge in [-0.1, -0.05) is 0 Å². The second-order valence-electron chi connectivity index (χ2n) is 4.61. The SMILES string of the molecule is Cc1cc(N2C3CCC2CNC3)ccn1. The molecule has 3 heteroatoms. The standard InChI is InChI=1S/C12H17N3/c1-9-6-10(4-5-14-9)15-11-2-3-12(15)8-13-7-11/h4-6,11-13H,2-3,7-8H2,1H3. The maximum Gasteiger partial charge on any atom is 0.0419 e. The second-order valence-corrected chi connectivity index (χ2v) is 4.61. The van der Waals surface area contributed by atoms with E-state index in [1.54, 1.807) is 0 Å². The van der Waals surface area contributed by atoms with Crippen molar-refractivity contribution in [1.29, 1.82) is 0 Å². The number of hydrogen-bond acceptors (Lipinski definition) is 3. The Morgan fingerprint density at radius 1 is 1.33 bits per heavy atom. The van der Waals surface area contributed by atoms with Crippen LogP contribution in [-0.4, -0.2) is 30.2 Å². The Bertz CT molecular complexity index is 348. The Balaban J connectivity index is 1.93. The largest absolute Gasteiger partial charge is 0.363 e. The zero-order valence-electron chi connectivity index (χ0n) is 9.11. The fourth-order valence-corrected chi connectivity index (χ4v) is 2.89. The molecule has 1 aromatic heterocycles. The molecule has 2 bridgehead atoms. The molecule has 0 spiro atoms. The molecule has 0 aromatic carbocycles. The molecule has 3 nitrogen and oxygen atoms in total. The van der Waals surface area contributed by atoms with Crippen molar-refractivity contribution in [2.45, 2.75) is 31.8 Å². The summed E-state index contributed by atoms with van der Waals surface area (Å²) in [4.78, 5) is 6.85. The number of hydrogen-bond donors (Lipinski definition) is 1. The summed E-state index contributed by atoms with van der Waals surface area (Å²) in [5.74, 6) is 0. The van der Waals surface area contributed by atoms with Gasteiger partial charge in [0.25, 0.3) is 0 Å². The maximum absolute atomic E-state index is 4.26. The lowest BCUT2D eigenvalue weighted by atomic mass is 10.2. The van der Waals surface area contributed by atoms with E-state index in [-0.39, 0.29) is 0 Å². The summed E-state index contributed by atoms with van der Waals surface area (Å²) in [6.45, 7) is 4.34. The predicted molar refractivity (Wildman–Crippen MR) is 61.1 cm³/mol. The second kappa shape index (κ2) is 3.49. The van der Waals surface area contributed by atoms with Crippen molar-refractivity contribution in [1.82, 2.24) is 10.3 Å². The van der Waals surface area contributed by atoms with Crippen LogP contribution in [0.2, 0.25) is 0 Å². The number of nitrogens with zero attached hydrogens (tertiary/aromatic N) is 2. The summed E-state index contributed by atoms with van der Waals surface area (Å²) >= 11 is 0. The quantitative estimate of drug-likeness (QED) is 0.746. The molecule has 0 saturated carbocycles. The lowest BCUT2D eigenvalue weighted by Gasteiger charge is -2.37. The van der Waals surface area contributed by atoms with Gasteiger partial charge in [0, 0.05) is 42.8 Å². The summed E-state index contributed by atoms with van der Waals surface area (Å²) in [5.41, 5.74) is 2.47. The highest BCUT2D eigenvalue weighted by Crippen LogP contribution is 2.32. The Labute approximate surface area is 90.5 Å². The third-order valence-electron chi connectivity index (χ3n) is 3.56. The van der Waals surface area contributed by atoms with E-state index >= 15 is 0 Å². The molecule has 2 atom stereocenters. The van der Waals surface area contributed by atoms with Crippen molar-refractivity contribution in [3.63, 3.8) is 0 Å². The van der Waals surface area contributed by atoms with Gasteiger partial charge in [-0.3, -0.25) is 4.98 Å². The van der Waals surface area contributed by atoms with Crippen molar-refractivity contribution in [3.8, 4) is 0 Å². The molecular weight excluding hydrogens is 186 g/mol. The smallest absolute Gasteiger partial charge is 0.0419 e. The predicted octanol–water partition coefficient (Wildman–Crippen LogP) is 1.33. The monoisotopic (exact) mass is 203 g/mol. The van der Waals surface area contributed by atoms with Gasteiger partial charge in [-0.05, 0) is 31.9 Å². The molecule has 3 heterocycles. The molecule has 3 rings (SSSR count). The number of piperazine rings is 1. The van der Waals surface area contributed by atoms with E-state index in [0.29, 0.717) is 12.1 Å². The molecule has 2 aliphatic rings. The molecule has 2 unspecified atom stereocenters. The highest BCUT2D eigenvalue weighted by atomic mass is 15.3. The van der Waals surface area contributed by atoms with Crippen LogP contribution in [0.1, 0.15) is 18.5 Å². The van der Waals surface area contributed by atoms with Crippen molar-refractivity contribution >= 4 is 5.69 Å². The number of nitrogens with one attached hydrogen (secondary N) is 1. The lowest BCUT2D eigenvalue weighted by Crippen LogP contribution is -2.52. The third-order valence-corrected chi connectivity index (χ3v) is 3.56. The average molecular weight is 203 g/mol. The molecular formula is C12H17N3. The van der Waals surface area contributed by atoms with Crippen LogP contribution in [0.5, 0.6) is 0 Å². The van der Waals surface area contributed by atoms with Gasteiger partial charge in [-0.2, -0.15) is 0 Å². The molecule has 1 aromatic rings. The Morgan fingerprint density at radius 2 is 2.07 bits per heavy atom. The van der Waals surface area contributed by atoms with Gasteiger partial charge in [0.05, 0.1) is 0 Å². The number of fused-ring (bicyclic) bond motifs is 2. The normalized spacial score (nSPS) is 29.5. The van der Waals surface area contributed by atoms with Crippen LogP contribution in [0, 0.1) is 6.92 Å². The first-order chi connectivity index (χ1) is 7.34. The maximum atomic E-state index is 4.26. The van der Waals surface area contributed by atoms with Gasteiger partial charge < -0.3 is 10.2 Å². The van der Waals surface area contributed by atoms with Crippen molar-refractivity contribution in [2.75, 3.05) is 18.0 Å². The molecule has 2 aliphatic heterocycles. The zero-order valence-corrected chi connectivity index (χ0v) is 9.11. The number of aryl methyl sites for hydroxylation is 1. The average Bonchev–Trinajstić information content (AvgIpc) is 2.49. The first-order valence-electron chi connectivity index (χ1n) is 5.76. The van der Waals surface area contributed by atoms with E-state index in [9.17, 15) is 0 Å². The van der Waals surface area contributed by atoms with E-state index in [2.05, 4.69) is 34.3 Å². The van der Waals surface area contributed by atoms with Crippen LogP contribution < -0.4 is 10.2 Å². The van der Waals surface area contributed by atoms with Crippen LogP contribution in [0.3, 0.4) is 0 Å². The van der Waals surface area contributed by atoms with E-state index in [1.807, 2.05) is 6.20 Å².